The highest BCUT2D eigenvalue weighted by Gasteiger charge is 2.29. The minimum absolute atomic E-state index is 0.567. The molecule has 0 bridgehead atoms. The van der Waals surface area contributed by atoms with Crippen molar-refractivity contribution >= 4 is 11.8 Å². The zero-order valence-corrected chi connectivity index (χ0v) is 11.5. The van der Waals surface area contributed by atoms with Crippen LogP contribution in [0.15, 0.2) is 24.3 Å². The summed E-state index contributed by atoms with van der Waals surface area (Å²) in [6.07, 6.45) is -1.01. The van der Waals surface area contributed by atoms with Crippen LogP contribution in [0.25, 0.3) is 0 Å². The SMILES string of the molecule is FC(F)(F)c1ccc(CCSC2CCNCC2)cc1. The number of alkyl halides is 3. The van der Waals surface area contributed by atoms with E-state index in [1.807, 2.05) is 11.8 Å². The second-order valence-corrected chi connectivity index (χ2v) is 6.17. The van der Waals surface area contributed by atoms with Gasteiger partial charge in [0.1, 0.15) is 0 Å². The van der Waals surface area contributed by atoms with E-state index in [9.17, 15) is 13.2 Å². The van der Waals surface area contributed by atoms with E-state index in [4.69, 9.17) is 0 Å². The van der Waals surface area contributed by atoms with Crippen LogP contribution in [0.3, 0.4) is 0 Å². The molecular weight excluding hydrogens is 271 g/mol. The highest BCUT2D eigenvalue weighted by atomic mass is 32.2. The Bertz CT molecular complexity index is 383. The molecule has 5 heteroatoms. The summed E-state index contributed by atoms with van der Waals surface area (Å²) in [4.78, 5) is 0. The molecule has 1 aliphatic rings. The number of hydrogen-bond acceptors (Lipinski definition) is 2. The molecule has 1 aliphatic heterocycles. The van der Waals surface area contributed by atoms with Crippen LogP contribution in [0.5, 0.6) is 0 Å². The Morgan fingerprint density at radius 1 is 1.11 bits per heavy atom. The number of benzene rings is 1. The maximum absolute atomic E-state index is 12.4. The molecule has 0 aromatic heterocycles. The van der Waals surface area contributed by atoms with Gasteiger partial charge in [0.05, 0.1) is 5.56 Å². The molecule has 1 N–H and O–H groups in total. The number of halogens is 3. The molecule has 1 nitrogen and oxygen atoms in total. The lowest BCUT2D eigenvalue weighted by atomic mass is 10.1. The van der Waals surface area contributed by atoms with Gasteiger partial charge in [-0.15, -0.1) is 0 Å². The van der Waals surface area contributed by atoms with Gasteiger partial charge in [0.2, 0.25) is 0 Å². The van der Waals surface area contributed by atoms with Crippen LogP contribution in [-0.2, 0) is 12.6 Å². The fourth-order valence-electron chi connectivity index (χ4n) is 2.17. The largest absolute Gasteiger partial charge is 0.416 e. The van der Waals surface area contributed by atoms with Gasteiger partial charge in [-0.2, -0.15) is 24.9 Å². The minimum Gasteiger partial charge on any atom is -0.317 e. The molecule has 0 saturated carbocycles. The van der Waals surface area contributed by atoms with E-state index >= 15 is 0 Å². The molecule has 0 radical (unpaired) electrons. The first-order chi connectivity index (χ1) is 9.05. The predicted octanol–water partition coefficient (Wildman–Crippen LogP) is 3.73. The monoisotopic (exact) mass is 289 g/mol. The van der Waals surface area contributed by atoms with Crippen LogP contribution in [0.1, 0.15) is 24.0 Å². The minimum atomic E-state index is -4.23. The third-order valence-corrected chi connectivity index (χ3v) is 4.69. The van der Waals surface area contributed by atoms with Gasteiger partial charge in [-0.05, 0) is 55.8 Å². The number of rotatable bonds is 4. The number of aryl methyl sites for hydroxylation is 1. The molecule has 106 valence electrons. The Kier molecular flexibility index (Phi) is 5.16. The molecule has 0 amide bonds. The highest BCUT2D eigenvalue weighted by molar-refractivity contribution is 7.99. The van der Waals surface area contributed by atoms with Crippen molar-refractivity contribution in [1.82, 2.24) is 5.32 Å². The van der Waals surface area contributed by atoms with Crippen molar-refractivity contribution in [3.8, 4) is 0 Å². The van der Waals surface area contributed by atoms with Crippen molar-refractivity contribution in [2.75, 3.05) is 18.8 Å². The molecule has 1 aromatic carbocycles. The van der Waals surface area contributed by atoms with Crippen LogP contribution in [0.4, 0.5) is 13.2 Å². The number of piperidine rings is 1. The average molecular weight is 289 g/mol. The quantitative estimate of drug-likeness (QED) is 0.906. The van der Waals surface area contributed by atoms with Gasteiger partial charge >= 0.3 is 6.18 Å². The van der Waals surface area contributed by atoms with E-state index in [0.29, 0.717) is 5.25 Å². The van der Waals surface area contributed by atoms with Gasteiger partial charge in [0, 0.05) is 5.25 Å². The van der Waals surface area contributed by atoms with Crippen molar-refractivity contribution in [2.24, 2.45) is 0 Å². The average Bonchev–Trinajstić information content (AvgIpc) is 2.39. The highest BCUT2D eigenvalue weighted by Crippen LogP contribution is 2.29. The maximum atomic E-state index is 12.4. The van der Waals surface area contributed by atoms with E-state index < -0.39 is 11.7 Å². The fraction of sp³-hybridized carbons (Fsp3) is 0.571. The molecule has 0 unspecified atom stereocenters. The van der Waals surface area contributed by atoms with Gasteiger partial charge in [0.25, 0.3) is 0 Å². The molecule has 1 aromatic rings. The Morgan fingerprint density at radius 2 is 1.74 bits per heavy atom. The zero-order chi connectivity index (χ0) is 13.7. The molecule has 1 heterocycles. The standard InChI is InChI=1S/C14H18F3NS/c15-14(16,17)12-3-1-11(2-4-12)7-10-19-13-5-8-18-9-6-13/h1-4,13,18H,5-10H2. The first-order valence-corrected chi connectivity index (χ1v) is 7.59. The smallest absolute Gasteiger partial charge is 0.317 e. The summed E-state index contributed by atoms with van der Waals surface area (Å²) in [5, 5.41) is 4.03. The van der Waals surface area contributed by atoms with E-state index in [-0.39, 0.29) is 0 Å². The summed E-state index contributed by atoms with van der Waals surface area (Å²) in [6.45, 7) is 2.16. The molecule has 0 spiro atoms. The van der Waals surface area contributed by atoms with Gasteiger partial charge in [-0.3, -0.25) is 0 Å². The molecular formula is C14H18F3NS. The summed E-state index contributed by atoms with van der Waals surface area (Å²) < 4.78 is 37.2. The Labute approximate surface area is 116 Å². The topological polar surface area (TPSA) is 12.0 Å². The normalized spacial score (nSPS) is 17.6. The summed E-state index contributed by atoms with van der Waals surface area (Å²) >= 11 is 1.94. The van der Waals surface area contributed by atoms with Crippen LogP contribution in [0.2, 0.25) is 0 Å². The lowest BCUT2D eigenvalue weighted by Crippen LogP contribution is -2.29. The van der Waals surface area contributed by atoms with Gasteiger partial charge in [-0.1, -0.05) is 12.1 Å². The third-order valence-electron chi connectivity index (χ3n) is 3.31. The third kappa shape index (κ3) is 4.73. The number of thioether (sulfide) groups is 1. The molecule has 1 fully saturated rings. The molecule has 19 heavy (non-hydrogen) atoms. The molecule has 2 rings (SSSR count). The first kappa shape index (κ1) is 14.7. The van der Waals surface area contributed by atoms with Crippen molar-refractivity contribution in [2.45, 2.75) is 30.7 Å². The van der Waals surface area contributed by atoms with Gasteiger partial charge in [-0.25, -0.2) is 0 Å². The summed E-state index contributed by atoms with van der Waals surface area (Å²) in [7, 11) is 0. The molecule has 0 atom stereocenters. The van der Waals surface area contributed by atoms with Crippen LogP contribution in [-0.4, -0.2) is 24.1 Å². The Morgan fingerprint density at radius 3 is 2.32 bits per heavy atom. The fourth-order valence-corrected chi connectivity index (χ4v) is 3.42. The Balaban J connectivity index is 1.76. The summed E-state index contributed by atoms with van der Waals surface area (Å²) in [5.74, 6) is 0.982. The lowest BCUT2D eigenvalue weighted by Gasteiger charge is -2.21. The van der Waals surface area contributed by atoms with Crippen molar-refractivity contribution in [3.05, 3.63) is 35.4 Å². The number of nitrogens with one attached hydrogen (secondary N) is 1. The van der Waals surface area contributed by atoms with Gasteiger partial charge in [0.15, 0.2) is 0 Å². The molecule has 1 saturated heterocycles. The number of hydrogen-bond donors (Lipinski definition) is 1. The van der Waals surface area contributed by atoms with Crippen LogP contribution >= 0.6 is 11.8 Å². The van der Waals surface area contributed by atoms with Crippen molar-refractivity contribution in [1.29, 1.82) is 0 Å². The second kappa shape index (κ2) is 6.66. The van der Waals surface area contributed by atoms with E-state index in [1.165, 1.54) is 25.0 Å². The second-order valence-electron chi connectivity index (χ2n) is 4.76. The summed E-state index contributed by atoms with van der Waals surface area (Å²) in [5.41, 5.74) is 0.414. The first-order valence-electron chi connectivity index (χ1n) is 6.54. The van der Waals surface area contributed by atoms with E-state index in [2.05, 4.69) is 5.32 Å². The molecule has 0 aliphatic carbocycles. The Hall–Kier alpha value is -0.680. The van der Waals surface area contributed by atoms with E-state index in [0.717, 1.165) is 30.8 Å². The van der Waals surface area contributed by atoms with Gasteiger partial charge < -0.3 is 5.32 Å². The maximum Gasteiger partial charge on any atom is 0.416 e. The summed E-state index contributed by atoms with van der Waals surface area (Å²) in [6, 6.07) is 5.52. The van der Waals surface area contributed by atoms with E-state index in [1.54, 1.807) is 12.1 Å². The van der Waals surface area contributed by atoms with Crippen LogP contribution in [0, 0.1) is 0 Å². The van der Waals surface area contributed by atoms with Crippen molar-refractivity contribution < 1.29 is 13.2 Å². The van der Waals surface area contributed by atoms with Crippen LogP contribution < -0.4 is 5.32 Å². The lowest BCUT2D eigenvalue weighted by molar-refractivity contribution is -0.137. The predicted molar refractivity (Wildman–Crippen MR) is 73.5 cm³/mol. The zero-order valence-electron chi connectivity index (χ0n) is 10.7. The van der Waals surface area contributed by atoms with Crippen molar-refractivity contribution in [3.63, 3.8) is 0 Å².